The van der Waals surface area contributed by atoms with Crippen molar-refractivity contribution in [2.45, 2.75) is 24.7 Å². The van der Waals surface area contributed by atoms with Crippen molar-refractivity contribution in [2.75, 3.05) is 18.4 Å². The van der Waals surface area contributed by atoms with Gasteiger partial charge in [-0.1, -0.05) is 17.7 Å². The molecule has 3 rings (SSSR count). The first-order valence-corrected chi connectivity index (χ1v) is 9.98. The third kappa shape index (κ3) is 3.75. The largest absolute Gasteiger partial charge is 0.322 e. The monoisotopic (exact) mass is 396 g/mol. The number of sulfonamides is 1. The van der Waals surface area contributed by atoms with Crippen LogP contribution in [-0.4, -0.2) is 31.7 Å². The standard InChI is InChI=1S/C18H18ClFN2O3S/c1-12-4-5-13(20)10-17(12)21-18(23)15-11-14(6-7-16(15)19)26(24,25)22-8-2-3-9-22/h4-7,10-11H,2-3,8-9H2,1H3,(H,21,23). The summed E-state index contributed by atoms with van der Waals surface area (Å²) in [4.78, 5) is 12.6. The Kier molecular flexibility index (Phi) is 5.32. The first-order chi connectivity index (χ1) is 12.3. The van der Waals surface area contributed by atoms with Crippen molar-refractivity contribution in [1.29, 1.82) is 0 Å². The van der Waals surface area contributed by atoms with E-state index in [4.69, 9.17) is 11.6 Å². The summed E-state index contributed by atoms with van der Waals surface area (Å²) in [5.41, 5.74) is 1.01. The molecule has 2 aromatic carbocycles. The lowest BCUT2D eigenvalue weighted by Gasteiger charge is -2.16. The van der Waals surface area contributed by atoms with Gasteiger partial charge in [-0.2, -0.15) is 4.31 Å². The lowest BCUT2D eigenvalue weighted by Crippen LogP contribution is -2.28. The molecule has 138 valence electrons. The molecule has 0 atom stereocenters. The van der Waals surface area contributed by atoms with Crippen molar-refractivity contribution in [1.82, 2.24) is 4.31 Å². The number of aryl methyl sites for hydroxylation is 1. The van der Waals surface area contributed by atoms with Crippen molar-refractivity contribution >= 4 is 33.2 Å². The number of carbonyl (C=O) groups is 1. The molecular formula is C18H18ClFN2O3S. The Bertz CT molecular complexity index is 957. The molecule has 0 bridgehead atoms. The Balaban J connectivity index is 1.92. The maximum Gasteiger partial charge on any atom is 0.257 e. The first-order valence-electron chi connectivity index (χ1n) is 8.16. The Labute approximate surface area is 156 Å². The van der Waals surface area contributed by atoms with Crippen molar-refractivity contribution in [3.05, 3.63) is 58.4 Å². The highest BCUT2D eigenvalue weighted by Gasteiger charge is 2.28. The van der Waals surface area contributed by atoms with Crippen LogP contribution in [-0.2, 0) is 10.0 Å². The zero-order valence-corrected chi connectivity index (χ0v) is 15.7. The molecule has 1 aliphatic heterocycles. The van der Waals surface area contributed by atoms with Crippen molar-refractivity contribution in [2.24, 2.45) is 0 Å². The van der Waals surface area contributed by atoms with E-state index in [2.05, 4.69) is 5.32 Å². The van der Waals surface area contributed by atoms with E-state index in [1.54, 1.807) is 13.0 Å². The third-order valence-corrected chi connectivity index (χ3v) is 6.56. The first kappa shape index (κ1) is 18.8. The summed E-state index contributed by atoms with van der Waals surface area (Å²) in [7, 11) is -3.66. The predicted molar refractivity (Wildman–Crippen MR) is 98.5 cm³/mol. The second-order valence-corrected chi connectivity index (χ2v) is 8.51. The van der Waals surface area contributed by atoms with Crippen LogP contribution in [0.4, 0.5) is 10.1 Å². The second-order valence-electron chi connectivity index (χ2n) is 6.17. The molecule has 1 fully saturated rings. The molecule has 2 aromatic rings. The fourth-order valence-corrected chi connectivity index (χ4v) is 4.58. The molecule has 0 saturated carbocycles. The number of nitrogens with one attached hydrogen (secondary N) is 1. The van der Waals surface area contributed by atoms with Gasteiger partial charge in [-0.15, -0.1) is 0 Å². The van der Waals surface area contributed by atoms with E-state index in [1.807, 2.05) is 0 Å². The third-order valence-electron chi connectivity index (χ3n) is 4.33. The van der Waals surface area contributed by atoms with E-state index in [1.165, 1.54) is 34.6 Å². The van der Waals surface area contributed by atoms with E-state index < -0.39 is 21.7 Å². The van der Waals surface area contributed by atoms with Gasteiger partial charge in [-0.3, -0.25) is 4.79 Å². The van der Waals surface area contributed by atoms with Gasteiger partial charge in [-0.25, -0.2) is 12.8 Å². The molecule has 5 nitrogen and oxygen atoms in total. The molecule has 0 aromatic heterocycles. The van der Waals surface area contributed by atoms with Gasteiger partial charge in [0.15, 0.2) is 0 Å². The second kappa shape index (κ2) is 7.34. The molecule has 0 spiro atoms. The van der Waals surface area contributed by atoms with E-state index in [-0.39, 0.29) is 15.5 Å². The maximum atomic E-state index is 13.4. The smallest absolute Gasteiger partial charge is 0.257 e. The van der Waals surface area contributed by atoms with Crippen molar-refractivity contribution < 1.29 is 17.6 Å². The zero-order chi connectivity index (χ0) is 18.9. The summed E-state index contributed by atoms with van der Waals surface area (Å²) in [5.74, 6) is -1.08. The number of halogens is 2. The minimum atomic E-state index is -3.66. The van der Waals surface area contributed by atoms with Gasteiger partial charge in [0.25, 0.3) is 5.91 Å². The van der Waals surface area contributed by atoms with Gasteiger partial charge < -0.3 is 5.32 Å². The van der Waals surface area contributed by atoms with Crippen molar-refractivity contribution in [3.63, 3.8) is 0 Å². The van der Waals surface area contributed by atoms with Crippen LogP contribution in [0.1, 0.15) is 28.8 Å². The molecule has 1 aliphatic rings. The molecule has 1 saturated heterocycles. The predicted octanol–water partition coefficient (Wildman–Crippen LogP) is 3.82. The highest BCUT2D eigenvalue weighted by atomic mass is 35.5. The van der Waals surface area contributed by atoms with Crippen LogP contribution in [0.15, 0.2) is 41.3 Å². The van der Waals surface area contributed by atoms with Gasteiger partial charge in [-0.05, 0) is 55.7 Å². The van der Waals surface area contributed by atoms with Gasteiger partial charge in [0.1, 0.15) is 5.82 Å². The van der Waals surface area contributed by atoms with E-state index in [0.717, 1.165) is 12.8 Å². The van der Waals surface area contributed by atoms with Gasteiger partial charge >= 0.3 is 0 Å². The molecule has 1 heterocycles. The Morgan fingerprint density at radius 2 is 1.85 bits per heavy atom. The summed E-state index contributed by atoms with van der Waals surface area (Å²) in [6.45, 7) is 2.66. The van der Waals surface area contributed by atoms with Crippen LogP contribution >= 0.6 is 11.6 Å². The van der Waals surface area contributed by atoms with Crippen LogP contribution in [0.5, 0.6) is 0 Å². The SMILES string of the molecule is Cc1ccc(F)cc1NC(=O)c1cc(S(=O)(=O)N2CCCC2)ccc1Cl. The number of benzene rings is 2. The van der Waals surface area contributed by atoms with E-state index in [9.17, 15) is 17.6 Å². The molecule has 1 amide bonds. The van der Waals surface area contributed by atoms with Gasteiger partial charge in [0.2, 0.25) is 10.0 Å². The minimum absolute atomic E-state index is 0.0184. The Hall–Kier alpha value is -1.96. The fourth-order valence-electron chi connectivity index (χ4n) is 2.83. The van der Waals surface area contributed by atoms with Gasteiger partial charge in [0, 0.05) is 18.8 Å². The van der Waals surface area contributed by atoms with Crippen LogP contribution < -0.4 is 5.32 Å². The number of carbonyl (C=O) groups excluding carboxylic acids is 1. The van der Waals surface area contributed by atoms with E-state index in [0.29, 0.717) is 24.3 Å². The fraction of sp³-hybridized carbons (Fsp3) is 0.278. The van der Waals surface area contributed by atoms with Crippen LogP contribution in [0.25, 0.3) is 0 Å². The average Bonchev–Trinajstić information content (AvgIpc) is 3.13. The molecule has 0 aliphatic carbocycles. The Morgan fingerprint density at radius 1 is 1.15 bits per heavy atom. The molecule has 0 unspecified atom stereocenters. The van der Waals surface area contributed by atoms with Crippen LogP contribution in [0.3, 0.4) is 0 Å². The summed E-state index contributed by atoms with van der Waals surface area (Å²) in [6.07, 6.45) is 1.64. The highest BCUT2D eigenvalue weighted by Crippen LogP contribution is 2.26. The number of rotatable bonds is 4. The molecule has 26 heavy (non-hydrogen) atoms. The number of anilines is 1. The molecule has 8 heteroatoms. The topological polar surface area (TPSA) is 66.5 Å². The molecule has 1 N–H and O–H groups in total. The van der Waals surface area contributed by atoms with Gasteiger partial charge in [0.05, 0.1) is 15.5 Å². The van der Waals surface area contributed by atoms with Crippen LogP contribution in [0.2, 0.25) is 5.02 Å². The van der Waals surface area contributed by atoms with Crippen LogP contribution in [0, 0.1) is 12.7 Å². The number of hydrogen-bond acceptors (Lipinski definition) is 3. The lowest BCUT2D eigenvalue weighted by atomic mass is 10.1. The lowest BCUT2D eigenvalue weighted by molar-refractivity contribution is 0.102. The van der Waals surface area contributed by atoms with E-state index >= 15 is 0 Å². The number of amides is 1. The summed E-state index contributed by atoms with van der Waals surface area (Å²) < 4.78 is 40.2. The molecular weight excluding hydrogens is 379 g/mol. The van der Waals surface area contributed by atoms with Crippen molar-refractivity contribution in [3.8, 4) is 0 Å². The normalized spacial score (nSPS) is 15.2. The molecule has 0 radical (unpaired) electrons. The number of nitrogens with zero attached hydrogens (tertiary/aromatic N) is 1. The minimum Gasteiger partial charge on any atom is -0.322 e. The maximum absolute atomic E-state index is 13.4. The quantitative estimate of drug-likeness (QED) is 0.854. The Morgan fingerprint density at radius 3 is 2.54 bits per heavy atom. The number of hydrogen-bond donors (Lipinski definition) is 1. The highest BCUT2D eigenvalue weighted by molar-refractivity contribution is 7.89. The average molecular weight is 397 g/mol. The summed E-state index contributed by atoms with van der Waals surface area (Å²) in [6, 6.07) is 8.08. The summed E-state index contributed by atoms with van der Waals surface area (Å²) in [5, 5.41) is 2.71. The summed E-state index contributed by atoms with van der Waals surface area (Å²) >= 11 is 6.09. The zero-order valence-electron chi connectivity index (χ0n) is 14.1.